The van der Waals surface area contributed by atoms with Crippen LogP contribution in [-0.4, -0.2) is 39.9 Å². The second kappa shape index (κ2) is 8.53. The molecule has 0 aliphatic heterocycles. The number of ether oxygens (including phenoxy) is 2. The Balaban J connectivity index is 2.67. The molecule has 5 heteroatoms. The van der Waals surface area contributed by atoms with Crippen molar-refractivity contribution in [3.05, 3.63) is 34.9 Å². The Morgan fingerprint density at radius 1 is 1.10 bits per heavy atom. The Bertz CT molecular complexity index is 471. The highest BCUT2D eigenvalue weighted by Crippen LogP contribution is 2.13. The van der Waals surface area contributed by atoms with Crippen molar-refractivity contribution in [2.45, 2.75) is 26.1 Å². The molecular weight excluding hydrogens is 255 g/mol. The van der Waals surface area contributed by atoms with Crippen LogP contribution in [-0.2, 0) is 15.8 Å². The fourth-order valence-corrected chi connectivity index (χ4v) is 1.73. The van der Waals surface area contributed by atoms with Crippen LogP contribution in [0.2, 0.25) is 0 Å². The average Bonchev–Trinajstić information content (AvgIpc) is 2.46. The fourth-order valence-electron chi connectivity index (χ4n) is 1.73. The molecule has 0 saturated carbocycles. The summed E-state index contributed by atoms with van der Waals surface area (Å²) in [6.07, 6.45) is 1.86. The lowest BCUT2D eigenvalue weighted by Crippen LogP contribution is -2.09. The van der Waals surface area contributed by atoms with E-state index >= 15 is 0 Å². The minimum absolute atomic E-state index is 0.102. The van der Waals surface area contributed by atoms with Gasteiger partial charge in [0.05, 0.1) is 20.0 Å². The zero-order chi connectivity index (χ0) is 15.0. The molecule has 20 heavy (non-hydrogen) atoms. The zero-order valence-corrected chi connectivity index (χ0v) is 12.0. The van der Waals surface area contributed by atoms with Gasteiger partial charge in [-0.2, -0.15) is 0 Å². The average molecular weight is 274 g/mol. The Morgan fingerprint density at radius 2 is 1.75 bits per heavy atom. The first-order chi connectivity index (χ1) is 9.58. The fraction of sp³-hybridized carbons (Fsp3) is 0.467. The largest absolute Gasteiger partial charge is 0.462 e. The topological polar surface area (TPSA) is 52.6 Å². The molecule has 0 saturated heterocycles. The van der Waals surface area contributed by atoms with Crippen LogP contribution in [0.15, 0.2) is 18.2 Å². The lowest BCUT2D eigenvalue weighted by atomic mass is 9.93. The van der Waals surface area contributed by atoms with Crippen molar-refractivity contribution in [1.29, 1.82) is 0 Å². The summed E-state index contributed by atoms with van der Waals surface area (Å²) in [5.74, 6) is -0.533. The number of hydrogen-bond donors (Lipinski definition) is 0. The summed E-state index contributed by atoms with van der Waals surface area (Å²) < 4.78 is 10.1. The van der Waals surface area contributed by atoms with Gasteiger partial charge < -0.3 is 9.47 Å². The number of esters is 1. The maximum atomic E-state index is 11.9. The van der Waals surface area contributed by atoms with Gasteiger partial charge in [-0.05, 0) is 38.0 Å². The van der Waals surface area contributed by atoms with E-state index in [9.17, 15) is 9.59 Å². The van der Waals surface area contributed by atoms with Gasteiger partial charge in [0.1, 0.15) is 0 Å². The van der Waals surface area contributed by atoms with Gasteiger partial charge in [0.15, 0.2) is 5.78 Å². The Hall–Kier alpha value is -1.62. The van der Waals surface area contributed by atoms with E-state index in [4.69, 9.17) is 17.3 Å². The molecule has 0 aliphatic rings. The van der Waals surface area contributed by atoms with E-state index in [1.807, 2.05) is 0 Å². The Labute approximate surface area is 120 Å². The van der Waals surface area contributed by atoms with Gasteiger partial charge >= 0.3 is 5.97 Å². The van der Waals surface area contributed by atoms with Crippen LogP contribution in [0, 0.1) is 0 Å². The number of carbonyl (C=O) groups excluding carboxylic acids is 2. The highest BCUT2D eigenvalue weighted by molar-refractivity contribution is 6.08. The molecule has 0 fully saturated rings. The highest BCUT2D eigenvalue weighted by atomic mass is 16.5. The molecule has 0 aliphatic carbocycles. The first kappa shape index (κ1) is 16.4. The number of carbonyl (C=O) groups is 2. The van der Waals surface area contributed by atoms with E-state index in [0.717, 1.165) is 18.4 Å². The molecule has 106 valence electrons. The molecule has 0 aromatic heterocycles. The molecule has 1 aromatic rings. The molecule has 0 amide bonds. The van der Waals surface area contributed by atoms with Gasteiger partial charge in [0.2, 0.25) is 0 Å². The Morgan fingerprint density at radius 3 is 2.35 bits per heavy atom. The van der Waals surface area contributed by atoms with Crippen LogP contribution >= 0.6 is 0 Å². The maximum absolute atomic E-state index is 11.9. The molecule has 0 spiro atoms. The van der Waals surface area contributed by atoms with E-state index in [-0.39, 0.29) is 12.1 Å². The van der Waals surface area contributed by atoms with Crippen molar-refractivity contribution in [2.24, 2.45) is 0 Å². The van der Waals surface area contributed by atoms with Crippen molar-refractivity contribution in [3.8, 4) is 0 Å². The minimum atomic E-state index is -0.430. The number of ketones is 1. The van der Waals surface area contributed by atoms with Gasteiger partial charge in [-0.25, -0.2) is 4.79 Å². The van der Waals surface area contributed by atoms with Gasteiger partial charge in [0, 0.05) is 19.3 Å². The van der Waals surface area contributed by atoms with Gasteiger partial charge in [0.25, 0.3) is 0 Å². The minimum Gasteiger partial charge on any atom is -0.462 e. The summed E-state index contributed by atoms with van der Waals surface area (Å²) in [5.41, 5.74) is 1.58. The van der Waals surface area contributed by atoms with Crippen LogP contribution < -0.4 is 0 Å². The first-order valence-corrected chi connectivity index (χ1v) is 6.59. The molecule has 4 nitrogen and oxygen atoms in total. The van der Waals surface area contributed by atoms with Crippen LogP contribution in [0.1, 0.15) is 46.0 Å². The van der Waals surface area contributed by atoms with Crippen LogP contribution in [0.3, 0.4) is 0 Å². The summed E-state index contributed by atoms with van der Waals surface area (Å²) in [4.78, 5) is 23.3. The number of unbranched alkanes of at least 4 members (excludes halogenated alkanes) is 1. The molecule has 0 unspecified atom stereocenters. The monoisotopic (exact) mass is 274 g/mol. The van der Waals surface area contributed by atoms with E-state index in [1.165, 1.54) is 6.92 Å². The number of benzene rings is 1. The van der Waals surface area contributed by atoms with E-state index in [0.29, 0.717) is 24.3 Å². The second-order valence-corrected chi connectivity index (χ2v) is 4.51. The van der Waals surface area contributed by atoms with Crippen molar-refractivity contribution in [1.82, 2.24) is 0 Å². The van der Waals surface area contributed by atoms with E-state index in [1.54, 1.807) is 25.3 Å². The normalized spacial score (nSPS) is 10.3. The molecular formula is C15H19BO4. The number of Topliss-reactive ketones (excluding diaryl/α,β-unsaturated/α-hetero) is 1. The predicted octanol–water partition coefficient (Wildman–Crippen LogP) is 2.14. The van der Waals surface area contributed by atoms with Crippen molar-refractivity contribution < 1.29 is 19.1 Å². The standard InChI is InChI=1S/C15H19BO4/c1-11(17)13-7-12(10-16)8-14(9-13)15(18)20-6-4-3-5-19-2/h7-9H,3-6,10H2,1-2H3. The maximum Gasteiger partial charge on any atom is 0.338 e. The zero-order valence-electron chi connectivity index (χ0n) is 12.0. The molecule has 2 radical (unpaired) electrons. The molecule has 1 rings (SSSR count). The van der Waals surface area contributed by atoms with Crippen molar-refractivity contribution in [3.63, 3.8) is 0 Å². The van der Waals surface area contributed by atoms with Gasteiger partial charge in [-0.1, -0.05) is 11.9 Å². The van der Waals surface area contributed by atoms with Gasteiger partial charge in [-0.15, -0.1) is 0 Å². The third-order valence-corrected chi connectivity index (χ3v) is 2.85. The molecule has 0 N–H and O–H groups in total. The second-order valence-electron chi connectivity index (χ2n) is 4.51. The summed E-state index contributed by atoms with van der Waals surface area (Å²) in [5, 5.41) is 0. The molecule has 0 heterocycles. The van der Waals surface area contributed by atoms with E-state index in [2.05, 4.69) is 0 Å². The number of rotatable bonds is 8. The van der Waals surface area contributed by atoms with E-state index < -0.39 is 5.97 Å². The van der Waals surface area contributed by atoms with Crippen LogP contribution in [0.4, 0.5) is 0 Å². The predicted molar refractivity (Wildman–Crippen MR) is 77.3 cm³/mol. The van der Waals surface area contributed by atoms with Gasteiger partial charge in [-0.3, -0.25) is 4.79 Å². The first-order valence-electron chi connectivity index (χ1n) is 6.59. The Kier molecular flexibility index (Phi) is 7.02. The molecule has 0 atom stereocenters. The lowest BCUT2D eigenvalue weighted by molar-refractivity contribution is 0.0489. The summed E-state index contributed by atoms with van der Waals surface area (Å²) >= 11 is 0. The third-order valence-electron chi connectivity index (χ3n) is 2.85. The molecule has 1 aromatic carbocycles. The van der Waals surface area contributed by atoms with Crippen molar-refractivity contribution >= 4 is 19.6 Å². The smallest absolute Gasteiger partial charge is 0.338 e. The quantitative estimate of drug-likeness (QED) is 0.315. The number of methoxy groups -OCH3 is 1. The third kappa shape index (κ3) is 5.17. The van der Waals surface area contributed by atoms with Crippen LogP contribution in [0.5, 0.6) is 0 Å². The number of hydrogen-bond acceptors (Lipinski definition) is 4. The summed E-state index contributed by atoms with van der Waals surface area (Å²) in [6, 6.07) is 4.89. The SMILES string of the molecule is [B]Cc1cc(C(C)=O)cc(C(=O)OCCCCOC)c1. The highest BCUT2D eigenvalue weighted by Gasteiger charge is 2.11. The van der Waals surface area contributed by atoms with Crippen LogP contribution in [0.25, 0.3) is 0 Å². The summed E-state index contributed by atoms with van der Waals surface area (Å²) in [6.45, 7) is 2.44. The molecule has 0 bridgehead atoms. The van der Waals surface area contributed by atoms with Crippen molar-refractivity contribution in [2.75, 3.05) is 20.3 Å². The summed E-state index contributed by atoms with van der Waals surface area (Å²) in [7, 11) is 7.20. The lowest BCUT2D eigenvalue weighted by Gasteiger charge is -2.08.